The fourth-order valence-electron chi connectivity index (χ4n) is 3.87. The molecular weight excluding hydrogens is 250 g/mol. The molecule has 20 heavy (non-hydrogen) atoms. The average molecular weight is 271 g/mol. The van der Waals surface area contributed by atoms with Crippen molar-refractivity contribution < 1.29 is 9.90 Å². The Morgan fingerprint density at radius 3 is 2.85 bits per heavy atom. The molecule has 1 heterocycles. The zero-order valence-electron chi connectivity index (χ0n) is 11.7. The second-order valence-corrected chi connectivity index (χ2v) is 6.52. The summed E-state index contributed by atoms with van der Waals surface area (Å²) in [4.78, 5) is 14.6. The average Bonchev–Trinajstić information content (AvgIpc) is 3.37. The maximum atomic E-state index is 12.7. The molecule has 0 radical (unpaired) electrons. The zero-order valence-corrected chi connectivity index (χ0v) is 11.7. The molecule has 2 fully saturated rings. The van der Waals surface area contributed by atoms with E-state index in [1.165, 1.54) is 18.4 Å². The van der Waals surface area contributed by atoms with Gasteiger partial charge < -0.3 is 10.0 Å². The molecule has 3 unspecified atom stereocenters. The number of carbonyl (C=O) groups is 1. The van der Waals surface area contributed by atoms with Crippen LogP contribution < -0.4 is 0 Å². The molecule has 3 nitrogen and oxygen atoms in total. The third kappa shape index (κ3) is 1.96. The van der Waals surface area contributed by atoms with Crippen molar-refractivity contribution in [3.8, 4) is 0 Å². The first-order chi connectivity index (χ1) is 9.79. The van der Waals surface area contributed by atoms with Gasteiger partial charge in [0.2, 0.25) is 5.91 Å². The molecule has 3 aliphatic rings. The molecule has 0 spiro atoms. The van der Waals surface area contributed by atoms with E-state index in [0.717, 1.165) is 30.9 Å². The quantitative estimate of drug-likeness (QED) is 0.915. The van der Waals surface area contributed by atoms with E-state index in [1.807, 2.05) is 17.0 Å². The zero-order chi connectivity index (χ0) is 13.7. The molecule has 0 aromatic heterocycles. The van der Waals surface area contributed by atoms with Crippen molar-refractivity contribution >= 4 is 5.91 Å². The van der Waals surface area contributed by atoms with Gasteiger partial charge in [0.25, 0.3) is 0 Å². The van der Waals surface area contributed by atoms with Crippen molar-refractivity contribution in [1.82, 2.24) is 4.90 Å². The Morgan fingerprint density at radius 2 is 2.10 bits per heavy atom. The normalized spacial score (nSPS) is 31.9. The number of aliphatic hydroxyl groups is 1. The minimum atomic E-state index is -0.132. The predicted molar refractivity (Wildman–Crippen MR) is 76.0 cm³/mol. The van der Waals surface area contributed by atoms with Crippen molar-refractivity contribution in [3.63, 3.8) is 0 Å². The molecule has 0 saturated heterocycles. The summed E-state index contributed by atoms with van der Waals surface area (Å²) in [6, 6.07) is 8.08. The van der Waals surface area contributed by atoms with Gasteiger partial charge in [-0.25, -0.2) is 0 Å². The maximum Gasteiger partial charge on any atom is 0.226 e. The number of carbonyl (C=O) groups excluding carboxylic acids is 1. The smallest absolute Gasteiger partial charge is 0.226 e. The van der Waals surface area contributed by atoms with Crippen LogP contribution in [0.1, 0.15) is 36.4 Å². The van der Waals surface area contributed by atoms with Crippen molar-refractivity contribution in [2.75, 3.05) is 13.2 Å². The van der Waals surface area contributed by atoms with Crippen LogP contribution in [0.3, 0.4) is 0 Å². The van der Waals surface area contributed by atoms with E-state index in [1.54, 1.807) is 0 Å². The lowest BCUT2D eigenvalue weighted by Crippen LogP contribution is -2.42. The number of benzene rings is 1. The maximum absolute atomic E-state index is 12.7. The first kappa shape index (κ1) is 12.4. The Bertz CT molecular complexity index is 538. The summed E-state index contributed by atoms with van der Waals surface area (Å²) < 4.78 is 0. The molecule has 3 atom stereocenters. The largest absolute Gasteiger partial charge is 0.394 e. The summed E-state index contributed by atoms with van der Waals surface area (Å²) in [7, 11) is 0. The number of hydrogen-bond acceptors (Lipinski definition) is 2. The molecular formula is C17H21NO2. The molecule has 1 N–H and O–H groups in total. The molecule has 2 saturated carbocycles. The Balaban J connectivity index is 1.55. The second-order valence-electron chi connectivity index (χ2n) is 6.52. The van der Waals surface area contributed by atoms with E-state index >= 15 is 0 Å². The summed E-state index contributed by atoms with van der Waals surface area (Å²) >= 11 is 0. The fourth-order valence-corrected chi connectivity index (χ4v) is 3.87. The lowest BCUT2D eigenvalue weighted by Gasteiger charge is -2.36. The standard InChI is InChI=1S/C17H21NO2/c19-10-16-13-4-2-1-3-11(13)7-8-18(16)17(20)15-9-14(15)12-5-6-12/h1-4,12,14-16,19H,5-10H2. The Morgan fingerprint density at radius 1 is 1.30 bits per heavy atom. The summed E-state index contributed by atoms with van der Waals surface area (Å²) in [5.41, 5.74) is 2.42. The van der Waals surface area contributed by atoms with Gasteiger partial charge in [-0.2, -0.15) is 0 Å². The summed E-state index contributed by atoms with van der Waals surface area (Å²) in [6.45, 7) is 0.790. The van der Waals surface area contributed by atoms with Crippen molar-refractivity contribution in [2.24, 2.45) is 17.8 Å². The SMILES string of the molecule is O=C(C1CC1C1CC1)N1CCc2ccccc2C1CO. The van der Waals surface area contributed by atoms with Gasteiger partial charge in [0, 0.05) is 12.5 Å². The molecule has 4 rings (SSSR count). The van der Waals surface area contributed by atoms with Crippen LogP contribution in [0.25, 0.3) is 0 Å². The summed E-state index contributed by atoms with van der Waals surface area (Å²) in [5, 5.41) is 9.75. The van der Waals surface area contributed by atoms with Crippen molar-refractivity contribution in [1.29, 1.82) is 0 Å². The highest BCUT2D eigenvalue weighted by atomic mass is 16.3. The topological polar surface area (TPSA) is 40.5 Å². The molecule has 1 amide bonds. The van der Waals surface area contributed by atoms with Gasteiger partial charge in [0.05, 0.1) is 12.6 Å². The van der Waals surface area contributed by atoms with Gasteiger partial charge >= 0.3 is 0 Å². The van der Waals surface area contributed by atoms with E-state index in [4.69, 9.17) is 0 Å². The van der Waals surface area contributed by atoms with Gasteiger partial charge in [-0.15, -0.1) is 0 Å². The highest BCUT2D eigenvalue weighted by Crippen LogP contribution is 2.55. The second kappa shape index (κ2) is 4.59. The molecule has 1 aromatic rings. The highest BCUT2D eigenvalue weighted by molar-refractivity contribution is 5.82. The number of amides is 1. The molecule has 106 valence electrons. The number of hydrogen-bond donors (Lipinski definition) is 1. The minimum Gasteiger partial charge on any atom is -0.394 e. The number of rotatable bonds is 3. The molecule has 3 heteroatoms. The van der Waals surface area contributed by atoms with Gasteiger partial charge in [-0.05, 0) is 48.6 Å². The van der Waals surface area contributed by atoms with Crippen LogP contribution in [0, 0.1) is 17.8 Å². The van der Waals surface area contributed by atoms with Gasteiger partial charge in [-0.3, -0.25) is 4.79 Å². The van der Waals surface area contributed by atoms with Gasteiger partial charge in [0.1, 0.15) is 0 Å². The van der Waals surface area contributed by atoms with E-state index in [2.05, 4.69) is 12.1 Å². The predicted octanol–water partition coefficient (Wildman–Crippen LogP) is 2.15. The van der Waals surface area contributed by atoms with Crippen LogP contribution in [0.5, 0.6) is 0 Å². The van der Waals surface area contributed by atoms with Gasteiger partial charge in [-0.1, -0.05) is 24.3 Å². The summed E-state index contributed by atoms with van der Waals surface area (Å²) in [5.74, 6) is 2.02. The van der Waals surface area contributed by atoms with Crippen LogP contribution in [0.15, 0.2) is 24.3 Å². The molecule has 2 aliphatic carbocycles. The monoisotopic (exact) mass is 271 g/mol. The summed E-state index contributed by atoms with van der Waals surface area (Å²) in [6.07, 6.45) is 4.64. The molecule has 1 aromatic carbocycles. The minimum absolute atomic E-state index is 0.0313. The lowest BCUT2D eigenvalue weighted by atomic mass is 9.92. The van der Waals surface area contributed by atoms with E-state index in [9.17, 15) is 9.90 Å². The van der Waals surface area contributed by atoms with E-state index in [-0.39, 0.29) is 24.5 Å². The lowest BCUT2D eigenvalue weighted by molar-refractivity contribution is -0.137. The number of fused-ring (bicyclic) bond motifs is 1. The van der Waals surface area contributed by atoms with Crippen LogP contribution >= 0.6 is 0 Å². The van der Waals surface area contributed by atoms with Crippen LogP contribution in [-0.2, 0) is 11.2 Å². The number of aliphatic hydroxyl groups excluding tert-OH is 1. The van der Waals surface area contributed by atoms with Crippen LogP contribution in [0.2, 0.25) is 0 Å². The molecule has 1 aliphatic heterocycles. The van der Waals surface area contributed by atoms with Crippen LogP contribution in [-0.4, -0.2) is 29.1 Å². The van der Waals surface area contributed by atoms with Gasteiger partial charge in [0.15, 0.2) is 0 Å². The highest BCUT2D eigenvalue weighted by Gasteiger charge is 2.53. The molecule has 0 bridgehead atoms. The first-order valence-electron chi connectivity index (χ1n) is 7.78. The Kier molecular flexibility index (Phi) is 2.84. The van der Waals surface area contributed by atoms with Crippen LogP contribution in [0.4, 0.5) is 0 Å². The van der Waals surface area contributed by atoms with E-state index in [0.29, 0.717) is 5.92 Å². The Hall–Kier alpha value is -1.35. The fraction of sp³-hybridized carbons (Fsp3) is 0.588. The number of nitrogens with zero attached hydrogens (tertiary/aromatic N) is 1. The Labute approximate surface area is 119 Å². The van der Waals surface area contributed by atoms with Crippen molar-refractivity contribution in [3.05, 3.63) is 35.4 Å². The third-order valence-corrected chi connectivity index (χ3v) is 5.25. The van der Waals surface area contributed by atoms with Crippen molar-refractivity contribution in [2.45, 2.75) is 31.7 Å². The first-order valence-corrected chi connectivity index (χ1v) is 7.78. The third-order valence-electron chi connectivity index (χ3n) is 5.25. The van der Waals surface area contributed by atoms with E-state index < -0.39 is 0 Å².